The number of aromatic nitrogens is 4. The largest absolute Gasteiger partial charge is 0.384 e. The maximum atomic E-state index is 11.6. The minimum atomic E-state index is -0.239. The van der Waals surface area contributed by atoms with Gasteiger partial charge in [0.2, 0.25) is 5.91 Å². The highest BCUT2D eigenvalue weighted by Gasteiger charge is 2.06. The molecule has 0 fully saturated rings. The van der Waals surface area contributed by atoms with Gasteiger partial charge in [0.1, 0.15) is 13.2 Å². The number of aliphatic hydroxyl groups is 1. The molecule has 18 heavy (non-hydrogen) atoms. The zero-order valence-corrected chi connectivity index (χ0v) is 10.0. The molecule has 0 aliphatic heterocycles. The highest BCUT2D eigenvalue weighted by Crippen LogP contribution is 2.16. The van der Waals surface area contributed by atoms with E-state index in [9.17, 15) is 4.79 Å². The second-order valence-electron chi connectivity index (χ2n) is 3.14. The molecule has 2 aromatic heterocycles. The minimum absolute atomic E-state index is 0.0806. The van der Waals surface area contributed by atoms with Crippen LogP contribution in [0.3, 0.4) is 0 Å². The second kappa shape index (κ2) is 5.90. The molecule has 0 atom stereocenters. The van der Waals surface area contributed by atoms with Gasteiger partial charge in [-0.05, 0) is 0 Å². The van der Waals surface area contributed by atoms with Crippen molar-refractivity contribution in [1.29, 1.82) is 0 Å². The summed E-state index contributed by atoms with van der Waals surface area (Å²) in [5.74, 6) is 4.98. The van der Waals surface area contributed by atoms with Crippen LogP contribution in [0.1, 0.15) is 4.88 Å². The molecule has 0 spiro atoms. The number of carbonyl (C=O) groups excluding carboxylic acids is 1. The van der Waals surface area contributed by atoms with Crippen LogP contribution in [-0.4, -0.2) is 37.6 Å². The van der Waals surface area contributed by atoms with E-state index >= 15 is 0 Å². The Balaban J connectivity index is 1.93. The number of nitrogens with one attached hydrogen (secondary N) is 1. The summed E-state index contributed by atoms with van der Waals surface area (Å²) in [6, 6.07) is 0. The molecule has 7 nitrogen and oxygen atoms in total. The van der Waals surface area contributed by atoms with Gasteiger partial charge in [0.25, 0.3) is 0 Å². The van der Waals surface area contributed by atoms with Crippen LogP contribution in [0.4, 0.5) is 5.13 Å². The number of aliphatic hydroxyl groups excluding tert-OH is 1. The Morgan fingerprint density at radius 3 is 3.22 bits per heavy atom. The van der Waals surface area contributed by atoms with Crippen LogP contribution in [0, 0.1) is 11.8 Å². The van der Waals surface area contributed by atoms with Gasteiger partial charge in [-0.15, -0.1) is 5.10 Å². The first-order valence-electron chi connectivity index (χ1n) is 4.97. The standard InChI is InChI=1S/C10H9N5O2S/c16-5-1-2-8-6-11-10(18-8)13-9(17)7-15-4-3-12-14-15/h3-4,6,16H,5,7H2,(H,11,13,17). The van der Waals surface area contributed by atoms with Crippen molar-refractivity contribution < 1.29 is 9.90 Å². The molecule has 0 saturated heterocycles. The first-order chi connectivity index (χ1) is 8.78. The Bertz CT molecular complexity index is 581. The van der Waals surface area contributed by atoms with Crippen molar-refractivity contribution in [1.82, 2.24) is 20.0 Å². The predicted molar refractivity (Wildman–Crippen MR) is 64.7 cm³/mol. The number of nitrogens with zero attached hydrogens (tertiary/aromatic N) is 4. The van der Waals surface area contributed by atoms with Gasteiger partial charge in [0, 0.05) is 6.20 Å². The van der Waals surface area contributed by atoms with E-state index in [2.05, 4.69) is 32.5 Å². The number of hydrogen-bond donors (Lipinski definition) is 2. The van der Waals surface area contributed by atoms with Crippen molar-refractivity contribution in [2.24, 2.45) is 0 Å². The van der Waals surface area contributed by atoms with Crippen molar-refractivity contribution >= 4 is 22.4 Å². The molecule has 2 N–H and O–H groups in total. The van der Waals surface area contributed by atoms with Crippen LogP contribution < -0.4 is 5.32 Å². The average Bonchev–Trinajstić information content (AvgIpc) is 2.98. The molecule has 0 saturated carbocycles. The van der Waals surface area contributed by atoms with Gasteiger partial charge in [0.05, 0.1) is 17.3 Å². The molecule has 92 valence electrons. The third kappa shape index (κ3) is 3.38. The molecule has 0 aliphatic rings. The van der Waals surface area contributed by atoms with Crippen molar-refractivity contribution in [2.75, 3.05) is 11.9 Å². The molecular weight excluding hydrogens is 254 g/mol. The number of thiazole rings is 1. The highest BCUT2D eigenvalue weighted by molar-refractivity contribution is 7.16. The topological polar surface area (TPSA) is 92.9 Å². The minimum Gasteiger partial charge on any atom is -0.384 e. The van der Waals surface area contributed by atoms with Gasteiger partial charge in [0.15, 0.2) is 5.13 Å². The molecule has 0 aromatic carbocycles. The SMILES string of the molecule is O=C(Cn1ccnn1)Nc1ncc(C#CCO)s1. The van der Waals surface area contributed by atoms with Crippen LogP contribution in [0.15, 0.2) is 18.6 Å². The van der Waals surface area contributed by atoms with Gasteiger partial charge in [-0.2, -0.15) is 0 Å². The fourth-order valence-electron chi connectivity index (χ4n) is 1.14. The first-order valence-corrected chi connectivity index (χ1v) is 5.79. The van der Waals surface area contributed by atoms with E-state index in [-0.39, 0.29) is 19.1 Å². The molecular formula is C10H9N5O2S. The Morgan fingerprint density at radius 2 is 2.50 bits per heavy atom. The van der Waals surface area contributed by atoms with E-state index in [0.717, 1.165) is 0 Å². The summed E-state index contributed by atoms with van der Waals surface area (Å²) in [6.07, 6.45) is 4.64. The molecule has 0 bridgehead atoms. The van der Waals surface area contributed by atoms with Crippen molar-refractivity contribution in [3.8, 4) is 11.8 Å². The summed E-state index contributed by atoms with van der Waals surface area (Å²) in [5, 5.41) is 18.9. The number of rotatable bonds is 3. The summed E-state index contributed by atoms with van der Waals surface area (Å²) in [7, 11) is 0. The van der Waals surface area contributed by atoms with Crippen molar-refractivity contribution in [3.63, 3.8) is 0 Å². The maximum absolute atomic E-state index is 11.6. The van der Waals surface area contributed by atoms with E-state index in [1.165, 1.54) is 22.2 Å². The lowest BCUT2D eigenvalue weighted by Gasteiger charge is -2.00. The molecule has 2 heterocycles. The van der Waals surface area contributed by atoms with Crippen LogP contribution >= 0.6 is 11.3 Å². The summed E-state index contributed by atoms with van der Waals surface area (Å²) in [4.78, 5) is 16.3. The Kier molecular flexibility index (Phi) is 4.01. The zero-order valence-electron chi connectivity index (χ0n) is 9.20. The molecule has 8 heteroatoms. The van der Waals surface area contributed by atoms with Crippen molar-refractivity contribution in [3.05, 3.63) is 23.5 Å². The van der Waals surface area contributed by atoms with Gasteiger partial charge in [-0.1, -0.05) is 28.4 Å². The lowest BCUT2D eigenvalue weighted by Crippen LogP contribution is -2.18. The molecule has 2 aromatic rings. The quantitative estimate of drug-likeness (QED) is 0.743. The Labute approximate surface area is 106 Å². The highest BCUT2D eigenvalue weighted by atomic mass is 32.1. The summed E-state index contributed by atoms with van der Waals surface area (Å²) in [5.41, 5.74) is 0. The fraction of sp³-hybridized carbons (Fsp3) is 0.200. The molecule has 0 unspecified atom stereocenters. The van der Waals surface area contributed by atoms with Crippen LogP contribution in [-0.2, 0) is 11.3 Å². The van der Waals surface area contributed by atoms with E-state index in [4.69, 9.17) is 5.11 Å². The normalized spacial score (nSPS) is 9.61. The number of anilines is 1. The van der Waals surface area contributed by atoms with Gasteiger partial charge >= 0.3 is 0 Å². The number of carbonyl (C=O) groups is 1. The van der Waals surface area contributed by atoms with E-state index in [0.29, 0.717) is 10.0 Å². The monoisotopic (exact) mass is 263 g/mol. The van der Waals surface area contributed by atoms with E-state index < -0.39 is 0 Å². The summed E-state index contributed by atoms with van der Waals surface area (Å²) < 4.78 is 1.41. The predicted octanol–water partition coefficient (Wildman–Crippen LogP) is -0.283. The van der Waals surface area contributed by atoms with Crippen LogP contribution in [0.5, 0.6) is 0 Å². The molecule has 2 rings (SSSR count). The fourth-order valence-corrected chi connectivity index (χ4v) is 1.85. The summed E-state index contributed by atoms with van der Waals surface area (Å²) >= 11 is 1.24. The maximum Gasteiger partial charge on any atom is 0.247 e. The van der Waals surface area contributed by atoms with E-state index in [1.54, 1.807) is 12.4 Å². The van der Waals surface area contributed by atoms with Crippen LogP contribution in [0.25, 0.3) is 0 Å². The van der Waals surface area contributed by atoms with Gasteiger partial charge in [-0.25, -0.2) is 9.67 Å². The lowest BCUT2D eigenvalue weighted by molar-refractivity contribution is -0.116. The second-order valence-corrected chi connectivity index (χ2v) is 4.17. The average molecular weight is 263 g/mol. The Morgan fingerprint density at radius 1 is 1.61 bits per heavy atom. The molecule has 0 aliphatic carbocycles. The zero-order chi connectivity index (χ0) is 12.8. The summed E-state index contributed by atoms with van der Waals surface area (Å²) in [6.45, 7) is -0.122. The smallest absolute Gasteiger partial charge is 0.247 e. The Hall–Kier alpha value is -2.24. The van der Waals surface area contributed by atoms with Gasteiger partial charge in [-0.3, -0.25) is 4.79 Å². The first kappa shape index (κ1) is 12.2. The third-order valence-electron chi connectivity index (χ3n) is 1.82. The molecule has 1 amide bonds. The number of hydrogen-bond acceptors (Lipinski definition) is 6. The van der Waals surface area contributed by atoms with E-state index in [1.807, 2.05) is 0 Å². The number of amides is 1. The molecule has 0 radical (unpaired) electrons. The van der Waals surface area contributed by atoms with Gasteiger partial charge < -0.3 is 10.4 Å². The van der Waals surface area contributed by atoms with Crippen LogP contribution in [0.2, 0.25) is 0 Å². The third-order valence-corrected chi connectivity index (χ3v) is 2.65. The van der Waals surface area contributed by atoms with Crippen molar-refractivity contribution in [2.45, 2.75) is 6.54 Å². The lowest BCUT2D eigenvalue weighted by atomic mass is 10.5.